The third-order valence-electron chi connectivity index (χ3n) is 7.67. The summed E-state index contributed by atoms with van der Waals surface area (Å²) < 4.78 is 37.5. The molecule has 6 rings (SSSR count). The molecular weight excluding hydrogens is 768 g/mol. The van der Waals surface area contributed by atoms with E-state index < -0.39 is 15.4 Å². The molecule has 0 amide bonds. The highest BCUT2D eigenvalue weighted by Crippen LogP contribution is 2.30. The van der Waals surface area contributed by atoms with Gasteiger partial charge >= 0.3 is 11.1 Å². The van der Waals surface area contributed by atoms with Crippen LogP contribution < -0.4 is 20.6 Å². The molecule has 0 fully saturated rings. The molecule has 0 radical (unpaired) electrons. The predicted molar refractivity (Wildman–Crippen MR) is 217 cm³/mol. The summed E-state index contributed by atoms with van der Waals surface area (Å²) in [6.07, 6.45) is 5.97. The molecule has 0 unspecified atom stereocenters. The van der Waals surface area contributed by atoms with Crippen molar-refractivity contribution in [3.63, 3.8) is 0 Å². The molecular formula is C40H38Cl2N4O6S2. The van der Waals surface area contributed by atoms with Gasteiger partial charge in [-0.15, -0.1) is 11.8 Å². The van der Waals surface area contributed by atoms with Crippen LogP contribution in [0, 0.1) is 0 Å². The summed E-state index contributed by atoms with van der Waals surface area (Å²) in [5, 5.41) is 9.61. The number of aromatic nitrogens is 4. The molecule has 0 saturated carbocycles. The minimum Gasteiger partial charge on any atom is -0.485 e. The Morgan fingerprint density at radius 2 is 1.06 bits per heavy atom. The Balaban J connectivity index is 0.000000208. The monoisotopic (exact) mass is 804 g/mol. The van der Waals surface area contributed by atoms with Crippen LogP contribution in [0.2, 0.25) is 10.0 Å². The third-order valence-corrected chi connectivity index (χ3v) is 10.0. The molecule has 0 spiro atoms. The van der Waals surface area contributed by atoms with Crippen molar-refractivity contribution in [3.8, 4) is 45.1 Å². The lowest BCUT2D eigenvalue weighted by atomic mass is 10.1. The molecule has 2 aromatic heterocycles. The third kappa shape index (κ3) is 9.80. The van der Waals surface area contributed by atoms with E-state index in [4.69, 9.17) is 32.7 Å². The lowest BCUT2D eigenvalue weighted by molar-refractivity contribution is 0.238. The van der Waals surface area contributed by atoms with Gasteiger partial charge in [-0.25, -0.2) is 8.42 Å². The van der Waals surface area contributed by atoms with Crippen LogP contribution in [-0.2, 0) is 9.84 Å². The van der Waals surface area contributed by atoms with Crippen LogP contribution >= 0.6 is 35.0 Å². The van der Waals surface area contributed by atoms with E-state index in [1.54, 1.807) is 78.6 Å². The second-order valence-corrected chi connectivity index (χ2v) is 16.3. The molecule has 14 heteroatoms. The molecule has 0 atom stereocenters. The van der Waals surface area contributed by atoms with E-state index in [1.165, 1.54) is 27.7 Å². The Hall–Kier alpha value is -4.88. The maximum Gasteiger partial charge on any atom is 0.314 e. The number of hydrogen-bond acceptors (Lipinski definition) is 9. The Kier molecular flexibility index (Phi) is 13.1. The van der Waals surface area contributed by atoms with Gasteiger partial charge in [0.2, 0.25) is 0 Å². The highest BCUT2D eigenvalue weighted by molar-refractivity contribution is 7.98. The summed E-state index contributed by atoms with van der Waals surface area (Å²) in [7, 11) is -3.31. The lowest BCUT2D eigenvalue weighted by Gasteiger charge is -2.15. The van der Waals surface area contributed by atoms with Crippen LogP contribution in [0.25, 0.3) is 33.6 Å². The van der Waals surface area contributed by atoms with Crippen LogP contribution in [0.15, 0.2) is 129 Å². The van der Waals surface area contributed by atoms with Crippen molar-refractivity contribution in [2.24, 2.45) is 0 Å². The Bertz CT molecular complexity index is 2490. The van der Waals surface area contributed by atoms with Crippen LogP contribution in [0.4, 0.5) is 0 Å². The molecule has 2 heterocycles. The maximum absolute atomic E-state index is 13.1. The second kappa shape index (κ2) is 17.5. The molecule has 280 valence electrons. The molecule has 0 aliphatic heterocycles. The molecule has 0 saturated heterocycles. The maximum atomic E-state index is 13.1. The first-order valence-electron chi connectivity index (χ1n) is 16.7. The number of hydrogen-bond donors (Lipinski definition) is 0. The smallest absolute Gasteiger partial charge is 0.314 e. The number of rotatable bonds is 10. The van der Waals surface area contributed by atoms with Crippen molar-refractivity contribution in [2.45, 2.75) is 49.7 Å². The van der Waals surface area contributed by atoms with Crippen molar-refractivity contribution in [2.75, 3.05) is 12.5 Å². The molecule has 0 bridgehead atoms. The number of thioether (sulfide) groups is 1. The summed E-state index contributed by atoms with van der Waals surface area (Å²) >= 11 is 13.7. The topological polar surface area (TPSA) is 122 Å². The number of benzene rings is 4. The van der Waals surface area contributed by atoms with Gasteiger partial charge in [0.15, 0.2) is 21.3 Å². The minimum absolute atomic E-state index is 0.136. The zero-order chi connectivity index (χ0) is 39.2. The first kappa shape index (κ1) is 40.3. The van der Waals surface area contributed by atoms with E-state index >= 15 is 0 Å². The van der Waals surface area contributed by atoms with Crippen molar-refractivity contribution in [3.05, 3.63) is 140 Å². The summed E-state index contributed by atoms with van der Waals surface area (Å²) in [4.78, 5) is 27.5. The van der Waals surface area contributed by atoms with Gasteiger partial charge in [0.25, 0.3) is 0 Å². The number of halogens is 2. The molecule has 10 nitrogen and oxygen atoms in total. The van der Waals surface area contributed by atoms with E-state index in [0.29, 0.717) is 38.1 Å². The highest BCUT2D eigenvalue weighted by Gasteiger charge is 2.19. The summed E-state index contributed by atoms with van der Waals surface area (Å²) in [6, 6.07) is 28.0. The molecule has 0 aliphatic rings. The summed E-state index contributed by atoms with van der Waals surface area (Å²) in [6.45, 7) is 7.43. The SMILES string of the molecule is CC(C)Oc1c(-c2ccc(S(C)(=O)=O)cc2)cnn(-c2cccc(Cl)c2)c1=O.CSc1ccc(-c2cnn(-c3cccc(Cl)c3)c(=O)c2OC(C)C)cc1. The van der Waals surface area contributed by atoms with Crippen molar-refractivity contribution < 1.29 is 17.9 Å². The zero-order valence-electron chi connectivity index (χ0n) is 30.4. The number of nitrogens with zero attached hydrogens (tertiary/aromatic N) is 4. The average molecular weight is 806 g/mol. The first-order valence-corrected chi connectivity index (χ1v) is 20.6. The Morgan fingerprint density at radius 3 is 1.41 bits per heavy atom. The standard InChI is InChI=1S/C20H19ClN2O4S.C20H19ClN2O2S/c1-13(2)27-19-18(14-7-9-17(10-8-14)28(3,25)26)12-22-23(20(19)24)16-6-4-5-15(21)11-16;1-13(2)25-19-18(14-7-9-17(26-3)10-8-14)12-22-23(20(19)24)16-6-4-5-15(21)11-16/h4-13H,1-3H3;4-13H,1-3H3. The highest BCUT2D eigenvalue weighted by atomic mass is 35.5. The van der Waals surface area contributed by atoms with E-state index in [0.717, 1.165) is 16.7 Å². The van der Waals surface area contributed by atoms with Gasteiger partial charge < -0.3 is 9.47 Å². The van der Waals surface area contributed by atoms with Gasteiger partial charge in [-0.2, -0.15) is 19.6 Å². The average Bonchev–Trinajstić information content (AvgIpc) is 3.13. The first-order chi connectivity index (χ1) is 25.7. The lowest BCUT2D eigenvalue weighted by Crippen LogP contribution is -2.25. The predicted octanol–water partition coefficient (Wildman–Crippen LogP) is 8.81. The number of sulfone groups is 1. The van der Waals surface area contributed by atoms with Crippen molar-refractivity contribution in [1.29, 1.82) is 0 Å². The van der Waals surface area contributed by atoms with Crippen LogP contribution in [-0.4, -0.2) is 52.7 Å². The molecule has 6 aromatic rings. The van der Waals surface area contributed by atoms with E-state index in [-0.39, 0.29) is 34.2 Å². The summed E-state index contributed by atoms with van der Waals surface area (Å²) in [5.74, 6) is 0.420. The molecule has 4 aromatic carbocycles. The van der Waals surface area contributed by atoms with Gasteiger partial charge in [-0.05, 0) is 106 Å². The quantitative estimate of drug-likeness (QED) is 0.125. The molecule has 0 aliphatic carbocycles. The van der Waals surface area contributed by atoms with Crippen LogP contribution in [0.1, 0.15) is 27.7 Å². The largest absolute Gasteiger partial charge is 0.485 e. The van der Waals surface area contributed by atoms with Gasteiger partial charge in [-0.3, -0.25) is 9.59 Å². The number of ether oxygens (including phenoxy) is 2. The van der Waals surface area contributed by atoms with Crippen molar-refractivity contribution >= 4 is 44.8 Å². The van der Waals surface area contributed by atoms with E-state index in [9.17, 15) is 18.0 Å². The van der Waals surface area contributed by atoms with Gasteiger partial charge in [0.1, 0.15) is 0 Å². The molecule has 0 N–H and O–H groups in total. The Morgan fingerprint density at radius 1 is 0.648 bits per heavy atom. The van der Waals surface area contributed by atoms with Crippen molar-refractivity contribution in [1.82, 2.24) is 19.6 Å². The fourth-order valence-electron chi connectivity index (χ4n) is 5.22. The van der Waals surface area contributed by atoms with E-state index in [1.807, 2.05) is 58.2 Å². The summed E-state index contributed by atoms with van der Waals surface area (Å²) in [5.41, 5.74) is 3.05. The van der Waals surface area contributed by atoms with Gasteiger partial charge in [0, 0.05) is 32.3 Å². The van der Waals surface area contributed by atoms with Crippen LogP contribution in [0.3, 0.4) is 0 Å². The van der Waals surface area contributed by atoms with Gasteiger partial charge in [-0.1, -0.05) is 59.6 Å². The minimum atomic E-state index is -3.31. The Labute approximate surface area is 328 Å². The molecule has 54 heavy (non-hydrogen) atoms. The fourth-order valence-corrected chi connectivity index (χ4v) is 6.63. The normalized spacial score (nSPS) is 11.3. The van der Waals surface area contributed by atoms with Crippen LogP contribution in [0.5, 0.6) is 11.5 Å². The second-order valence-electron chi connectivity index (χ2n) is 12.5. The van der Waals surface area contributed by atoms with E-state index in [2.05, 4.69) is 10.2 Å². The van der Waals surface area contributed by atoms with Gasteiger partial charge in [0.05, 0.1) is 40.9 Å². The zero-order valence-corrected chi connectivity index (χ0v) is 33.5. The fraction of sp³-hybridized carbons (Fsp3) is 0.200.